The summed E-state index contributed by atoms with van der Waals surface area (Å²) in [5.74, 6) is -1.08. The molecule has 3 heterocycles. The lowest BCUT2D eigenvalue weighted by atomic mass is 9.90. The number of benzene rings is 1. The fourth-order valence-electron chi connectivity index (χ4n) is 4.41. The second-order valence-corrected chi connectivity index (χ2v) is 8.56. The van der Waals surface area contributed by atoms with Crippen LogP contribution in [0, 0.1) is 0 Å². The lowest BCUT2D eigenvalue weighted by molar-refractivity contribution is -0.134. The van der Waals surface area contributed by atoms with Gasteiger partial charge < -0.3 is 19.1 Å². The molecule has 182 valence electrons. The Morgan fingerprint density at radius 1 is 1.03 bits per heavy atom. The number of ether oxygens (including phenoxy) is 1. The summed E-state index contributed by atoms with van der Waals surface area (Å²) in [7, 11) is 0. The number of anilines is 2. The Balaban J connectivity index is 1.44. The Hall–Kier alpha value is -2.98. The predicted octanol–water partition coefficient (Wildman–Crippen LogP) is 2.59. The third-order valence-corrected chi connectivity index (χ3v) is 6.57. The van der Waals surface area contributed by atoms with Crippen LogP contribution in [0.3, 0.4) is 0 Å². The number of piperidine rings is 1. The van der Waals surface area contributed by atoms with Gasteiger partial charge in [-0.05, 0) is 30.2 Å². The average Bonchev–Trinajstić information content (AvgIpc) is 2.81. The zero-order valence-corrected chi connectivity index (χ0v) is 19.1. The Morgan fingerprint density at radius 3 is 2.38 bits per heavy atom. The number of piperazine rings is 1. The first-order valence-corrected chi connectivity index (χ1v) is 11.4. The fraction of sp³-hybridized carbons (Fsp3) is 0.435. The van der Waals surface area contributed by atoms with Gasteiger partial charge in [0, 0.05) is 45.3 Å². The van der Waals surface area contributed by atoms with Crippen LogP contribution in [0.2, 0.25) is 5.02 Å². The van der Waals surface area contributed by atoms with Crippen LogP contribution in [0.1, 0.15) is 24.3 Å². The molecule has 2 aliphatic heterocycles. The summed E-state index contributed by atoms with van der Waals surface area (Å²) in [6, 6.07) is 8.99. The molecule has 2 amide bonds. The number of hydrogen-bond acceptors (Lipinski definition) is 6. The smallest absolute Gasteiger partial charge is 0.345 e. The zero-order valence-electron chi connectivity index (χ0n) is 18.4. The number of nitrogens with zero attached hydrogens (tertiary/aromatic N) is 3. The van der Waals surface area contributed by atoms with Crippen LogP contribution in [0.4, 0.5) is 20.2 Å². The van der Waals surface area contributed by atoms with Crippen molar-refractivity contribution in [2.24, 2.45) is 0 Å². The number of carbonyl (C=O) groups is 2. The van der Waals surface area contributed by atoms with Crippen molar-refractivity contribution < 1.29 is 23.1 Å². The lowest BCUT2D eigenvalue weighted by Crippen LogP contribution is -2.48. The van der Waals surface area contributed by atoms with Gasteiger partial charge in [-0.3, -0.25) is 19.7 Å². The van der Waals surface area contributed by atoms with Gasteiger partial charge in [0.1, 0.15) is 5.69 Å². The van der Waals surface area contributed by atoms with Gasteiger partial charge in [-0.25, -0.2) is 0 Å². The van der Waals surface area contributed by atoms with E-state index in [0.29, 0.717) is 48.9 Å². The second-order valence-electron chi connectivity index (χ2n) is 8.18. The molecule has 0 saturated carbocycles. The normalized spacial score (nSPS) is 19.0. The Bertz CT molecular complexity index is 1120. The molecule has 1 unspecified atom stereocenters. The maximum atomic E-state index is 12.8. The third-order valence-electron chi connectivity index (χ3n) is 6.16. The molecule has 0 bridgehead atoms. The van der Waals surface area contributed by atoms with Gasteiger partial charge in [-0.15, -0.1) is 0 Å². The van der Waals surface area contributed by atoms with Crippen LogP contribution in [0.15, 0.2) is 41.3 Å². The van der Waals surface area contributed by atoms with E-state index >= 15 is 0 Å². The molecule has 1 atom stereocenters. The molecule has 2 saturated heterocycles. The molecule has 0 spiro atoms. The molecular formula is C23H25ClF2N4O4. The molecule has 2 aromatic rings. The van der Waals surface area contributed by atoms with E-state index in [-0.39, 0.29) is 36.9 Å². The summed E-state index contributed by atoms with van der Waals surface area (Å²) in [5, 5.41) is 2.86. The second kappa shape index (κ2) is 10.5. The highest BCUT2D eigenvalue weighted by atomic mass is 35.5. The number of pyridine rings is 1. The van der Waals surface area contributed by atoms with E-state index in [1.807, 2.05) is 23.1 Å². The standard InChI is InChI=1S/C23H25ClF2N4O4/c24-20-15(16-6-7-19(31)27-21(16)32)3-1-4-17(20)28-9-11-29(12-10-28)18-5-2-8-30(22(18)33)13-14-34-23(25)26/h1-5,8,16,23H,6-7,9-14H2,(H,27,31,32). The molecule has 8 nitrogen and oxygen atoms in total. The maximum absolute atomic E-state index is 12.8. The largest absolute Gasteiger partial charge is 0.367 e. The number of hydrogen-bond donors (Lipinski definition) is 1. The maximum Gasteiger partial charge on any atom is 0.345 e. The first-order chi connectivity index (χ1) is 16.3. The summed E-state index contributed by atoms with van der Waals surface area (Å²) in [6.07, 6.45) is 2.25. The van der Waals surface area contributed by atoms with Gasteiger partial charge >= 0.3 is 6.61 Å². The number of rotatable bonds is 7. The Morgan fingerprint density at radius 2 is 1.71 bits per heavy atom. The van der Waals surface area contributed by atoms with Crippen LogP contribution in [0.25, 0.3) is 0 Å². The van der Waals surface area contributed by atoms with Crippen LogP contribution in [-0.2, 0) is 20.9 Å². The lowest BCUT2D eigenvalue weighted by Gasteiger charge is -2.38. The summed E-state index contributed by atoms with van der Waals surface area (Å²) < 4.78 is 30.1. The highest BCUT2D eigenvalue weighted by Crippen LogP contribution is 2.37. The number of imide groups is 1. The molecule has 34 heavy (non-hydrogen) atoms. The average molecular weight is 495 g/mol. The van der Waals surface area contributed by atoms with Crippen molar-refractivity contribution in [1.82, 2.24) is 9.88 Å². The van der Waals surface area contributed by atoms with E-state index < -0.39 is 12.5 Å². The van der Waals surface area contributed by atoms with E-state index in [2.05, 4.69) is 15.0 Å². The molecule has 2 aliphatic rings. The van der Waals surface area contributed by atoms with E-state index in [0.717, 1.165) is 5.69 Å². The minimum Gasteiger partial charge on any atom is -0.367 e. The number of alkyl halides is 2. The third kappa shape index (κ3) is 5.23. The van der Waals surface area contributed by atoms with E-state index in [1.54, 1.807) is 18.3 Å². The van der Waals surface area contributed by atoms with Crippen molar-refractivity contribution in [3.8, 4) is 0 Å². The molecule has 11 heteroatoms. The van der Waals surface area contributed by atoms with Crippen LogP contribution in [0.5, 0.6) is 0 Å². The van der Waals surface area contributed by atoms with Crippen molar-refractivity contribution in [1.29, 1.82) is 0 Å². The summed E-state index contributed by atoms with van der Waals surface area (Å²) >= 11 is 6.71. The van der Waals surface area contributed by atoms with Crippen LogP contribution < -0.4 is 20.7 Å². The van der Waals surface area contributed by atoms with E-state index in [1.165, 1.54) is 4.57 Å². The van der Waals surface area contributed by atoms with Crippen molar-refractivity contribution in [3.63, 3.8) is 0 Å². The Kier molecular flexibility index (Phi) is 7.47. The monoisotopic (exact) mass is 494 g/mol. The van der Waals surface area contributed by atoms with Gasteiger partial charge in [0.15, 0.2) is 0 Å². The summed E-state index contributed by atoms with van der Waals surface area (Å²) in [5.41, 5.74) is 1.75. The molecule has 0 aliphatic carbocycles. The van der Waals surface area contributed by atoms with Gasteiger partial charge in [0.05, 0.1) is 23.2 Å². The van der Waals surface area contributed by atoms with Crippen molar-refractivity contribution in [2.75, 3.05) is 42.6 Å². The zero-order chi connectivity index (χ0) is 24.2. The highest BCUT2D eigenvalue weighted by molar-refractivity contribution is 6.34. The Labute approximate surface area is 200 Å². The number of amides is 2. The predicted molar refractivity (Wildman–Crippen MR) is 124 cm³/mol. The molecule has 0 radical (unpaired) electrons. The first-order valence-electron chi connectivity index (χ1n) is 11.1. The minimum absolute atomic E-state index is 0.0414. The molecule has 1 aromatic heterocycles. The highest BCUT2D eigenvalue weighted by Gasteiger charge is 2.31. The quantitative estimate of drug-likeness (QED) is 0.596. The number of aromatic nitrogens is 1. The number of carbonyl (C=O) groups excluding carboxylic acids is 2. The van der Waals surface area contributed by atoms with Gasteiger partial charge in [0.25, 0.3) is 5.56 Å². The minimum atomic E-state index is -2.87. The molecular weight excluding hydrogens is 470 g/mol. The first kappa shape index (κ1) is 24.2. The molecule has 2 fully saturated rings. The van der Waals surface area contributed by atoms with Crippen molar-refractivity contribution in [2.45, 2.75) is 31.9 Å². The SMILES string of the molecule is O=C1CCC(c2cccc(N3CCN(c4cccn(CCOC(F)F)c4=O)CC3)c2Cl)C(=O)N1. The van der Waals surface area contributed by atoms with Gasteiger partial charge in [-0.2, -0.15) is 8.78 Å². The number of halogens is 3. The van der Waals surface area contributed by atoms with E-state index in [4.69, 9.17) is 11.6 Å². The van der Waals surface area contributed by atoms with Crippen molar-refractivity contribution >= 4 is 34.8 Å². The summed E-state index contributed by atoms with van der Waals surface area (Å²) in [4.78, 5) is 40.7. The van der Waals surface area contributed by atoms with Gasteiger partial charge in [-0.1, -0.05) is 23.7 Å². The molecule has 4 rings (SSSR count). The van der Waals surface area contributed by atoms with Crippen LogP contribution in [-0.4, -0.2) is 55.8 Å². The van der Waals surface area contributed by atoms with Crippen molar-refractivity contribution in [3.05, 3.63) is 57.5 Å². The molecule has 1 aromatic carbocycles. The topological polar surface area (TPSA) is 83.9 Å². The van der Waals surface area contributed by atoms with Gasteiger partial charge in [0.2, 0.25) is 11.8 Å². The molecule has 1 N–H and O–H groups in total. The fourth-order valence-corrected chi connectivity index (χ4v) is 4.79. The number of nitrogens with one attached hydrogen (secondary N) is 1. The van der Waals surface area contributed by atoms with Crippen LogP contribution >= 0.6 is 11.6 Å². The van der Waals surface area contributed by atoms with E-state index in [9.17, 15) is 23.2 Å². The summed E-state index contributed by atoms with van der Waals surface area (Å²) in [6.45, 7) is -0.760.